The molecule has 0 aliphatic heterocycles. The summed E-state index contributed by atoms with van der Waals surface area (Å²) in [5.41, 5.74) is 0.417. The lowest BCUT2D eigenvalue weighted by molar-refractivity contribution is 0.105. The molecule has 0 heterocycles. The van der Waals surface area contributed by atoms with E-state index in [9.17, 15) is 0 Å². The minimum Gasteiger partial charge on any atom is -0.382 e. The van der Waals surface area contributed by atoms with E-state index < -0.39 is 0 Å². The molecular weight excluding hydrogens is 401 g/mol. The van der Waals surface area contributed by atoms with Gasteiger partial charge in [0, 0.05) is 33.4 Å². The molecule has 2 N–H and O–H groups in total. The van der Waals surface area contributed by atoms with Crippen LogP contribution in [0.2, 0.25) is 0 Å². The van der Waals surface area contributed by atoms with Crippen LogP contribution in [0.4, 0.5) is 0 Å². The topological polar surface area (TPSA) is 45.6 Å². The third-order valence-corrected chi connectivity index (χ3v) is 5.28. The number of rotatable bonds is 10. The Morgan fingerprint density at radius 2 is 1.96 bits per heavy atom. The number of hydrogen-bond acceptors (Lipinski definition) is 2. The summed E-state index contributed by atoms with van der Waals surface area (Å²) in [4.78, 5) is 4.37. The van der Waals surface area contributed by atoms with E-state index in [1.807, 2.05) is 7.05 Å². The second-order valence-corrected chi connectivity index (χ2v) is 7.09. The molecule has 23 heavy (non-hydrogen) atoms. The smallest absolute Gasteiger partial charge is 0.190 e. The van der Waals surface area contributed by atoms with E-state index in [0.717, 1.165) is 38.2 Å². The first-order chi connectivity index (χ1) is 10.8. The normalized spacial score (nSPS) is 20.2. The number of nitrogens with one attached hydrogen (secondary N) is 2. The van der Waals surface area contributed by atoms with E-state index in [2.05, 4.69) is 22.5 Å². The Hall–Kier alpha value is -0.0400. The molecule has 2 saturated carbocycles. The van der Waals surface area contributed by atoms with Gasteiger partial charge in [0.05, 0.1) is 0 Å². The van der Waals surface area contributed by atoms with Crippen molar-refractivity contribution in [2.45, 2.75) is 64.7 Å². The average Bonchev–Trinajstić information content (AvgIpc) is 3.25. The minimum atomic E-state index is 0. The van der Waals surface area contributed by atoms with Crippen molar-refractivity contribution in [1.82, 2.24) is 10.6 Å². The van der Waals surface area contributed by atoms with Crippen LogP contribution >= 0.6 is 24.0 Å². The Balaban J connectivity index is 0.00000264. The molecule has 0 atom stereocenters. The first-order valence-electron chi connectivity index (χ1n) is 9.30. The first kappa shape index (κ1) is 21.0. The molecule has 2 aliphatic rings. The van der Waals surface area contributed by atoms with Crippen LogP contribution in [0.15, 0.2) is 4.99 Å². The lowest BCUT2D eigenvalue weighted by Gasteiger charge is -2.30. The number of aliphatic imine (C=N–C) groups is 1. The molecule has 0 amide bonds. The average molecular weight is 437 g/mol. The summed E-state index contributed by atoms with van der Waals surface area (Å²) < 4.78 is 5.59. The molecule has 0 aromatic heterocycles. The van der Waals surface area contributed by atoms with Gasteiger partial charge in [0.1, 0.15) is 0 Å². The first-order valence-corrected chi connectivity index (χ1v) is 9.30. The van der Waals surface area contributed by atoms with Gasteiger partial charge in [0.2, 0.25) is 0 Å². The predicted octanol–water partition coefficient (Wildman–Crippen LogP) is 3.95. The predicted molar refractivity (Wildman–Crippen MR) is 109 cm³/mol. The summed E-state index contributed by atoms with van der Waals surface area (Å²) in [6.07, 6.45) is 12.1. The van der Waals surface area contributed by atoms with Gasteiger partial charge in [-0.15, -0.1) is 24.0 Å². The van der Waals surface area contributed by atoms with Crippen molar-refractivity contribution in [3.8, 4) is 0 Å². The van der Waals surface area contributed by atoms with E-state index in [0.29, 0.717) is 5.41 Å². The van der Waals surface area contributed by atoms with Gasteiger partial charge in [0.25, 0.3) is 0 Å². The SMILES string of the molecule is CCOCCC1(CNC(=NC)NCCCC2CC2)CCCC1.I. The fourth-order valence-electron chi connectivity index (χ4n) is 3.57. The van der Waals surface area contributed by atoms with Crippen LogP contribution in [-0.4, -0.2) is 39.3 Å². The minimum absolute atomic E-state index is 0. The molecule has 0 unspecified atom stereocenters. The number of hydrogen-bond donors (Lipinski definition) is 2. The van der Waals surface area contributed by atoms with Crippen LogP contribution in [0, 0.1) is 11.3 Å². The van der Waals surface area contributed by atoms with E-state index >= 15 is 0 Å². The highest BCUT2D eigenvalue weighted by Crippen LogP contribution is 2.40. The molecule has 0 saturated heterocycles. The Kier molecular flexibility index (Phi) is 10.5. The molecule has 2 fully saturated rings. The van der Waals surface area contributed by atoms with Crippen molar-refractivity contribution >= 4 is 29.9 Å². The highest BCUT2D eigenvalue weighted by molar-refractivity contribution is 14.0. The standard InChI is InChI=1S/C18H35N3O.HI/c1-3-22-14-12-18(10-4-5-11-18)15-21-17(19-2)20-13-6-7-16-8-9-16;/h16H,3-15H2,1-2H3,(H2,19,20,21);1H. The van der Waals surface area contributed by atoms with E-state index in [-0.39, 0.29) is 24.0 Å². The van der Waals surface area contributed by atoms with Crippen LogP contribution in [-0.2, 0) is 4.74 Å². The summed E-state index contributed by atoms with van der Waals surface area (Å²) in [5.74, 6) is 2.00. The van der Waals surface area contributed by atoms with E-state index in [4.69, 9.17) is 4.74 Å². The fraction of sp³-hybridized carbons (Fsp3) is 0.944. The Bertz CT molecular complexity index is 339. The van der Waals surface area contributed by atoms with Crippen LogP contribution < -0.4 is 10.6 Å². The largest absolute Gasteiger partial charge is 0.382 e. The molecule has 0 aromatic carbocycles. The number of nitrogens with zero attached hydrogens (tertiary/aromatic N) is 1. The summed E-state index contributed by atoms with van der Waals surface area (Å²) in [6.45, 7) is 5.87. The number of halogens is 1. The van der Waals surface area contributed by atoms with Gasteiger partial charge in [0.15, 0.2) is 5.96 Å². The summed E-state index contributed by atoms with van der Waals surface area (Å²) in [6, 6.07) is 0. The van der Waals surface area contributed by atoms with Crippen molar-refractivity contribution in [3.05, 3.63) is 0 Å². The zero-order chi connectivity index (χ0) is 15.7. The number of ether oxygens (including phenoxy) is 1. The van der Waals surface area contributed by atoms with Gasteiger partial charge in [-0.25, -0.2) is 0 Å². The van der Waals surface area contributed by atoms with Crippen LogP contribution in [0.3, 0.4) is 0 Å². The summed E-state index contributed by atoms with van der Waals surface area (Å²) in [7, 11) is 1.87. The Morgan fingerprint density at radius 1 is 1.22 bits per heavy atom. The lowest BCUT2D eigenvalue weighted by Crippen LogP contribution is -2.43. The highest BCUT2D eigenvalue weighted by atomic mass is 127. The summed E-state index contributed by atoms with van der Waals surface area (Å²) in [5, 5.41) is 7.03. The van der Waals surface area contributed by atoms with Crippen LogP contribution in [0.1, 0.15) is 64.7 Å². The molecular formula is C18H36IN3O. The second-order valence-electron chi connectivity index (χ2n) is 7.09. The van der Waals surface area contributed by atoms with E-state index in [1.54, 1.807) is 0 Å². The van der Waals surface area contributed by atoms with Crippen molar-refractivity contribution in [3.63, 3.8) is 0 Å². The quantitative estimate of drug-likeness (QED) is 0.236. The second kappa shape index (κ2) is 11.5. The van der Waals surface area contributed by atoms with Gasteiger partial charge >= 0.3 is 0 Å². The van der Waals surface area contributed by atoms with Gasteiger partial charge in [-0.2, -0.15) is 0 Å². The van der Waals surface area contributed by atoms with Crippen LogP contribution in [0.5, 0.6) is 0 Å². The van der Waals surface area contributed by atoms with Crippen LogP contribution in [0.25, 0.3) is 0 Å². The van der Waals surface area contributed by atoms with Gasteiger partial charge < -0.3 is 15.4 Å². The van der Waals surface area contributed by atoms with Gasteiger partial charge in [-0.05, 0) is 50.4 Å². The lowest BCUT2D eigenvalue weighted by atomic mass is 9.83. The van der Waals surface area contributed by atoms with Crippen molar-refractivity contribution < 1.29 is 4.74 Å². The van der Waals surface area contributed by atoms with Crippen molar-refractivity contribution in [2.24, 2.45) is 16.3 Å². The maximum atomic E-state index is 5.59. The Labute approximate surface area is 159 Å². The molecule has 0 radical (unpaired) electrons. The molecule has 2 rings (SSSR count). The molecule has 0 spiro atoms. The molecule has 4 nitrogen and oxygen atoms in total. The Morgan fingerprint density at radius 3 is 2.57 bits per heavy atom. The molecule has 0 bridgehead atoms. The maximum Gasteiger partial charge on any atom is 0.190 e. The third kappa shape index (κ3) is 8.05. The maximum absolute atomic E-state index is 5.59. The molecule has 2 aliphatic carbocycles. The molecule has 136 valence electrons. The zero-order valence-electron chi connectivity index (χ0n) is 15.0. The van der Waals surface area contributed by atoms with Crippen molar-refractivity contribution in [2.75, 3.05) is 33.4 Å². The molecule has 0 aromatic rings. The monoisotopic (exact) mass is 437 g/mol. The van der Waals surface area contributed by atoms with Gasteiger partial charge in [-0.3, -0.25) is 4.99 Å². The van der Waals surface area contributed by atoms with Gasteiger partial charge in [-0.1, -0.05) is 25.7 Å². The zero-order valence-corrected chi connectivity index (χ0v) is 17.4. The van der Waals surface area contributed by atoms with E-state index in [1.165, 1.54) is 57.8 Å². The highest BCUT2D eigenvalue weighted by Gasteiger charge is 2.33. The number of guanidine groups is 1. The fourth-order valence-corrected chi connectivity index (χ4v) is 3.57. The van der Waals surface area contributed by atoms with Crippen molar-refractivity contribution in [1.29, 1.82) is 0 Å². The summed E-state index contributed by atoms with van der Waals surface area (Å²) >= 11 is 0. The third-order valence-electron chi connectivity index (χ3n) is 5.28. The molecule has 5 heteroatoms.